The van der Waals surface area contributed by atoms with Gasteiger partial charge in [-0.15, -0.1) is 0 Å². The second-order valence-electron chi connectivity index (χ2n) is 13.9. The van der Waals surface area contributed by atoms with Gasteiger partial charge in [-0.3, -0.25) is 9.69 Å². The van der Waals surface area contributed by atoms with E-state index in [0.29, 0.717) is 59.6 Å². The summed E-state index contributed by atoms with van der Waals surface area (Å²) in [6, 6.07) is 32.2. The molecule has 1 aliphatic rings. The molecule has 54 heavy (non-hydrogen) atoms. The fourth-order valence-corrected chi connectivity index (χ4v) is 6.68. The first-order chi connectivity index (χ1) is 26.2. The number of piperazine rings is 1. The molecule has 0 atom stereocenters. The van der Waals surface area contributed by atoms with E-state index in [9.17, 15) is 4.79 Å². The number of carbonyl (C=O) groups is 1. The number of hydrogen-bond acceptors (Lipinski definition) is 6. The van der Waals surface area contributed by atoms with Crippen LogP contribution in [0.4, 0.5) is 0 Å². The topological polar surface area (TPSA) is 64.1 Å². The quantitative estimate of drug-likeness (QED) is 0.0990. The van der Waals surface area contributed by atoms with Gasteiger partial charge in [-0.2, -0.15) is 0 Å². The van der Waals surface area contributed by atoms with Crippen LogP contribution in [0.5, 0.6) is 23.1 Å². The maximum absolute atomic E-state index is 13.1. The van der Waals surface area contributed by atoms with E-state index in [4.69, 9.17) is 37.4 Å². The van der Waals surface area contributed by atoms with Gasteiger partial charge in [0, 0.05) is 62.7 Å². The van der Waals surface area contributed by atoms with Crippen LogP contribution < -0.4 is 14.2 Å². The van der Waals surface area contributed by atoms with Crippen molar-refractivity contribution in [3.63, 3.8) is 0 Å². The van der Waals surface area contributed by atoms with Crippen molar-refractivity contribution in [1.29, 1.82) is 0 Å². The summed E-state index contributed by atoms with van der Waals surface area (Å²) in [4.78, 5) is 21.8. The standard InChI is InChI=1S/C45H47Cl2N3O4/c1-32(2)38-11-15-40(16-12-38)52-26-20-34-4-6-36(7-5-34)31-49-22-24-50(25-23-49)44(51)19-10-37-28-33(3)45(42(47)29-37)54-43-18-17-41(30-48-43)53-27-21-35-8-13-39(46)14-9-35/h4-19,28-30,32H,20-27,31H2,1-3H3. The Bertz CT molecular complexity index is 1970. The third-order valence-electron chi connectivity index (χ3n) is 9.48. The van der Waals surface area contributed by atoms with Crippen LogP contribution in [0.1, 0.15) is 53.1 Å². The number of halogens is 2. The first kappa shape index (κ1) is 38.9. The normalized spacial score (nSPS) is 13.4. The van der Waals surface area contributed by atoms with Crippen LogP contribution in [0, 0.1) is 6.92 Å². The molecule has 0 unspecified atom stereocenters. The van der Waals surface area contributed by atoms with E-state index in [2.05, 4.69) is 72.3 Å². The Kier molecular flexibility index (Phi) is 13.7. The molecule has 6 rings (SSSR count). The molecule has 1 aliphatic heterocycles. The minimum Gasteiger partial charge on any atom is -0.493 e. The van der Waals surface area contributed by atoms with Crippen LogP contribution in [0.25, 0.3) is 6.08 Å². The summed E-state index contributed by atoms with van der Waals surface area (Å²) in [5.41, 5.74) is 6.65. The van der Waals surface area contributed by atoms with Crippen LogP contribution in [-0.4, -0.2) is 60.1 Å². The molecule has 0 aliphatic carbocycles. The van der Waals surface area contributed by atoms with Gasteiger partial charge in [-0.05, 0) is 94.8 Å². The van der Waals surface area contributed by atoms with Gasteiger partial charge in [0.1, 0.15) is 11.5 Å². The molecule has 0 N–H and O–H groups in total. The third kappa shape index (κ3) is 11.3. The number of aromatic nitrogens is 1. The minimum atomic E-state index is -0.00846. The second kappa shape index (κ2) is 19.0. The lowest BCUT2D eigenvalue weighted by Crippen LogP contribution is -2.47. The number of rotatable bonds is 15. The van der Waals surface area contributed by atoms with Crippen molar-refractivity contribution >= 4 is 35.2 Å². The average Bonchev–Trinajstić information content (AvgIpc) is 3.18. The SMILES string of the molecule is Cc1cc(C=CC(=O)N2CCN(Cc3ccc(CCOc4ccc(C(C)C)cc4)cc3)CC2)cc(Cl)c1Oc1ccc(OCCc2ccc(Cl)cc2)cn1. The average molecular weight is 765 g/mol. The van der Waals surface area contributed by atoms with Gasteiger partial charge in [0.15, 0.2) is 5.75 Å². The Morgan fingerprint density at radius 2 is 1.39 bits per heavy atom. The van der Waals surface area contributed by atoms with Crippen molar-refractivity contribution in [2.45, 2.75) is 46.1 Å². The highest BCUT2D eigenvalue weighted by Crippen LogP contribution is 2.34. The summed E-state index contributed by atoms with van der Waals surface area (Å²) in [5.74, 6) is 3.00. The fraction of sp³-hybridized carbons (Fsp3) is 0.289. The minimum absolute atomic E-state index is 0.00846. The summed E-state index contributed by atoms with van der Waals surface area (Å²) in [6.07, 6.45) is 6.68. The molecule has 280 valence electrons. The predicted molar refractivity (Wildman–Crippen MR) is 218 cm³/mol. The van der Waals surface area contributed by atoms with E-state index in [0.717, 1.165) is 54.9 Å². The van der Waals surface area contributed by atoms with Crippen molar-refractivity contribution in [2.75, 3.05) is 39.4 Å². The highest BCUT2D eigenvalue weighted by atomic mass is 35.5. The number of amides is 1. The summed E-state index contributed by atoms with van der Waals surface area (Å²) in [7, 11) is 0. The molecule has 7 nitrogen and oxygen atoms in total. The first-order valence-electron chi connectivity index (χ1n) is 18.5. The van der Waals surface area contributed by atoms with Crippen molar-refractivity contribution in [2.24, 2.45) is 0 Å². The van der Waals surface area contributed by atoms with Crippen LogP contribution in [0.2, 0.25) is 10.0 Å². The molecule has 0 radical (unpaired) electrons. The van der Waals surface area contributed by atoms with Gasteiger partial charge in [0.05, 0.1) is 24.4 Å². The Morgan fingerprint density at radius 3 is 2.00 bits per heavy atom. The van der Waals surface area contributed by atoms with Crippen LogP contribution in [-0.2, 0) is 24.2 Å². The molecule has 4 aromatic carbocycles. The fourth-order valence-electron chi connectivity index (χ4n) is 6.24. The molecule has 1 fully saturated rings. The number of benzene rings is 4. The molecule has 1 saturated heterocycles. The molecule has 5 aromatic rings. The summed E-state index contributed by atoms with van der Waals surface area (Å²) < 4.78 is 17.8. The Labute approximate surface area is 329 Å². The molecular formula is C45H47Cl2N3O4. The van der Waals surface area contributed by atoms with Gasteiger partial charge in [-0.25, -0.2) is 4.98 Å². The lowest BCUT2D eigenvalue weighted by atomic mass is 10.0. The van der Waals surface area contributed by atoms with Crippen LogP contribution in [0.15, 0.2) is 109 Å². The molecule has 0 spiro atoms. The van der Waals surface area contributed by atoms with Crippen molar-refractivity contribution < 1.29 is 19.0 Å². The van der Waals surface area contributed by atoms with E-state index in [1.807, 2.05) is 48.2 Å². The number of pyridine rings is 1. The zero-order valence-electron chi connectivity index (χ0n) is 31.1. The van der Waals surface area contributed by atoms with E-state index in [1.165, 1.54) is 16.7 Å². The lowest BCUT2D eigenvalue weighted by Gasteiger charge is -2.34. The van der Waals surface area contributed by atoms with E-state index in [-0.39, 0.29) is 5.91 Å². The van der Waals surface area contributed by atoms with Crippen molar-refractivity contribution in [3.8, 4) is 23.1 Å². The van der Waals surface area contributed by atoms with Gasteiger partial charge in [0.2, 0.25) is 11.8 Å². The highest BCUT2D eigenvalue weighted by Gasteiger charge is 2.20. The molecule has 1 aromatic heterocycles. The second-order valence-corrected chi connectivity index (χ2v) is 14.7. The Morgan fingerprint density at radius 1 is 0.778 bits per heavy atom. The monoisotopic (exact) mass is 763 g/mol. The van der Waals surface area contributed by atoms with Crippen molar-refractivity contribution in [3.05, 3.63) is 153 Å². The maximum atomic E-state index is 13.1. The molecule has 0 bridgehead atoms. The number of ether oxygens (including phenoxy) is 3. The number of nitrogens with zero attached hydrogens (tertiary/aromatic N) is 3. The zero-order chi connectivity index (χ0) is 37.9. The van der Waals surface area contributed by atoms with Crippen LogP contribution >= 0.6 is 23.2 Å². The summed E-state index contributed by atoms with van der Waals surface area (Å²) >= 11 is 12.6. The van der Waals surface area contributed by atoms with E-state index in [1.54, 1.807) is 30.5 Å². The Hall–Kier alpha value is -4.82. The summed E-state index contributed by atoms with van der Waals surface area (Å²) in [6.45, 7) is 11.4. The molecule has 2 heterocycles. The third-order valence-corrected chi connectivity index (χ3v) is 10.0. The summed E-state index contributed by atoms with van der Waals surface area (Å²) in [5, 5.41) is 1.16. The maximum Gasteiger partial charge on any atom is 0.246 e. The molecule has 9 heteroatoms. The number of carbonyl (C=O) groups excluding carboxylic acids is 1. The predicted octanol–water partition coefficient (Wildman–Crippen LogP) is 10.2. The molecular weight excluding hydrogens is 717 g/mol. The lowest BCUT2D eigenvalue weighted by molar-refractivity contribution is -0.127. The van der Waals surface area contributed by atoms with Gasteiger partial charge in [-0.1, -0.05) is 85.6 Å². The first-order valence-corrected chi connectivity index (χ1v) is 19.3. The number of aryl methyl sites for hydroxylation is 1. The van der Waals surface area contributed by atoms with Crippen molar-refractivity contribution in [1.82, 2.24) is 14.8 Å². The molecule has 0 saturated carbocycles. The van der Waals surface area contributed by atoms with Crippen LogP contribution in [0.3, 0.4) is 0 Å². The van der Waals surface area contributed by atoms with Gasteiger partial charge < -0.3 is 19.1 Å². The smallest absolute Gasteiger partial charge is 0.246 e. The Balaban J connectivity index is 0.912. The number of hydrogen-bond donors (Lipinski definition) is 0. The largest absolute Gasteiger partial charge is 0.493 e. The zero-order valence-corrected chi connectivity index (χ0v) is 32.7. The molecule has 1 amide bonds. The van der Waals surface area contributed by atoms with Gasteiger partial charge >= 0.3 is 0 Å². The van der Waals surface area contributed by atoms with E-state index < -0.39 is 0 Å². The highest BCUT2D eigenvalue weighted by molar-refractivity contribution is 6.32. The van der Waals surface area contributed by atoms with E-state index >= 15 is 0 Å². The van der Waals surface area contributed by atoms with Gasteiger partial charge in [0.25, 0.3) is 0 Å².